The number of hydrogen-bond donors (Lipinski definition) is 0. The largest absolute Gasteiger partial charge is 0.481 e. The van der Waals surface area contributed by atoms with Crippen LogP contribution >= 0.6 is 11.3 Å². The van der Waals surface area contributed by atoms with Gasteiger partial charge in [0, 0.05) is 17.8 Å². The predicted molar refractivity (Wildman–Crippen MR) is 67.2 cm³/mol. The van der Waals surface area contributed by atoms with Gasteiger partial charge in [-0.25, -0.2) is 15.0 Å². The summed E-state index contributed by atoms with van der Waals surface area (Å²) in [5.41, 5.74) is 2.86. The molecule has 84 valence electrons. The molecule has 5 heteroatoms. The van der Waals surface area contributed by atoms with E-state index in [1.54, 1.807) is 31.0 Å². The molecule has 0 aliphatic heterocycles. The SMILES string of the molecule is COc1ccc(-c2ncnc3ccsc23)cn1. The van der Waals surface area contributed by atoms with Crippen molar-refractivity contribution >= 4 is 21.6 Å². The molecule has 0 fully saturated rings. The quantitative estimate of drug-likeness (QED) is 0.694. The summed E-state index contributed by atoms with van der Waals surface area (Å²) in [6.45, 7) is 0. The summed E-state index contributed by atoms with van der Waals surface area (Å²) in [6.07, 6.45) is 3.34. The van der Waals surface area contributed by atoms with Gasteiger partial charge in [-0.15, -0.1) is 11.3 Å². The molecule has 0 saturated carbocycles. The average Bonchev–Trinajstić information content (AvgIpc) is 2.87. The maximum Gasteiger partial charge on any atom is 0.212 e. The van der Waals surface area contributed by atoms with Gasteiger partial charge >= 0.3 is 0 Å². The Hall–Kier alpha value is -2.01. The van der Waals surface area contributed by atoms with Crippen LogP contribution in [-0.4, -0.2) is 22.1 Å². The highest BCUT2D eigenvalue weighted by Gasteiger charge is 2.07. The first-order valence-corrected chi connectivity index (χ1v) is 5.95. The van der Waals surface area contributed by atoms with E-state index in [4.69, 9.17) is 4.74 Å². The van der Waals surface area contributed by atoms with Crippen molar-refractivity contribution < 1.29 is 4.74 Å². The third-order valence-electron chi connectivity index (χ3n) is 2.46. The molecule has 0 radical (unpaired) electrons. The molecule has 0 amide bonds. The molecule has 3 aromatic rings. The molecular weight excluding hydrogens is 234 g/mol. The first-order valence-electron chi connectivity index (χ1n) is 5.07. The van der Waals surface area contributed by atoms with Gasteiger partial charge in [0.25, 0.3) is 0 Å². The molecule has 3 rings (SSSR count). The van der Waals surface area contributed by atoms with E-state index in [0.29, 0.717) is 5.88 Å². The van der Waals surface area contributed by atoms with E-state index in [2.05, 4.69) is 15.0 Å². The van der Waals surface area contributed by atoms with Gasteiger partial charge in [0.05, 0.1) is 23.0 Å². The van der Waals surface area contributed by atoms with E-state index in [1.165, 1.54) is 0 Å². The van der Waals surface area contributed by atoms with Gasteiger partial charge in [-0.2, -0.15) is 0 Å². The highest BCUT2D eigenvalue weighted by molar-refractivity contribution is 7.17. The van der Waals surface area contributed by atoms with Gasteiger partial charge in [0.1, 0.15) is 6.33 Å². The Morgan fingerprint density at radius 2 is 2.06 bits per heavy atom. The fourth-order valence-electron chi connectivity index (χ4n) is 1.64. The van der Waals surface area contributed by atoms with Crippen LogP contribution in [0, 0.1) is 0 Å². The third-order valence-corrected chi connectivity index (χ3v) is 3.37. The van der Waals surface area contributed by atoms with Crippen molar-refractivity contribution in [2.75, 3.05) is 7.11 Å². The minimum atomic E-state index is 0.602. The maximum absolute atomic E-state index is 5.04. The van der Waals surface area contributed by atoms with Crippen LogP contribution in [-0.2, 0) is 0 Å². The van der Waals surface area contributed by atoms with Gasteiger partial charge in [0.15, 0.2) is 0 Å². The Bertz CT molecular complexity index is 648. The summed E-state index contributed by atoms with van der Waals surface area (Å²) >= 11 is 1.63. The number of rotatable bonds is 2. The second-order valence-electron chi connectivity index (χ2n) is 3.45. The Balaban J connectivity index is 2.16. The third kappa shape index (κ3) is 1.74. The topological polar surface area (TPSA) is 47.9 Å². The van der Waals surface area contributed by atoms with Crippen molar-refractivity contribution in [3.8, 4) is 17.1 Å². The molecule has 0 saturated heterocycles. The van der Waals surface area contributed by atoms with Crippen LogP contribution in [0.3, 0.4) is 0 Å². The van der Waals surface area contributed by atoms with Crippen molar-refractivity contribution in [1.29, 1.82) is 0 Å². The zero-order chi connectivity index (χ0) is 11.7. The standard InChI is InChI=1S/C12H9N3OS/c1-16-10-3-2-8(6-13-10)11-12-9(4-5-17-12)14-7-15-11/h2-7H,1H3. The molecule has 17 heavy (non-hydrogen) atoms. The van der Waals surface area contributed by atoms with E-state index < -0.39 is 0 Å². The molecule has 0 unspecified atom stereocenters. The monoisotopic (exact) mass is 243 g/mol. The summed E-state index contributed by atoms with van der Waals surface area (Å²) < 4.78 is 6.12. The minimum absolute atomic E-state index is 0.602. The maximum atomic E-state index is 5.04. The van der Waals surface area contributed by atoms with Gasteiger partial charge in [0.2, 0.25) is 5.88 Å². The number of ether oxygens (including phenoxy) is 1. The smallest absolute Gasteiger partial charge is 0.212 e. The van der Waals surface area contributed by atoms with E-state index >= 15 is 0 Å². The number of thiophene rings is 1. The van der Waals surface area contributed by atoms with E-state index in [0.717, 1.165) is 21.5 Å². The Labute approximate surface area is 102 Å². The zero-order valence-electron chi connectivity index (χ0n) is 9.12. The van der Waals surface area contributed by atoms with Crippen LogP contribution < -0.4 is 4.74 Å². The van der Waals surface area contributed by atoms with Crippen molar-refractivity contribution in [2.45, 2.75) is 0 Å². The van der Waals surface area contributed by atoms with E-state index in [-0.39, 0.29) is 0 Å². The zero-order valence-corrected chi connectivity index (χ0v) is 9.94. The lowest BCUT2D eigenvalue weighted by atomic mass is 10.2. The average molecular weight is 243 g/mol. The molecule has 0 N–H and O–H groups in total. The molecule has 3 heterocycles. The molecule has 0 aliphatic rings. The predicted octanol–water partition coefficient (Wildman–Crippen LogP) is 2.76. The minimum Gasteiger partial charge on any atom is -0.481 e. The lowest BCUT2D eigenvalue weighted by Gasteiger charge is -2.02. The van der Waals surface area contributed by atoms with Crippen LogP contribution in [0.2, 0.25) is 0 Å². The Morgan fingerprint density at radius 3 is 2.82 bits per heavy atom. The normalized spacial score (nSPS) is 10.6. The molecule has 0 atom stereocenters. The van der Waals surface area contributed by atoms with Gasteiger partial charge < -0.3 is 4.74 Å². The molecule has 0 aliphatic carbocycles. The van der Waals surface area contributed by atoms with Gasteiger partial charge in [-0.3, -0.25) is 0 Å². The lowest BCUT2D eigenvalue weighted by Crippen LogP contribution is -1.89. The summed E-state index contributed by atoms with van der Waals surface area (Å²) in [5.74, 6) is 0.602. The summed E-state index contributed by atoms with van der Waals surface area (Å²) in [6, 6.07) is 5.77. The van der Waals surface area contributed by atoms with Gasteiger partial charge in [-0.1, -0.05) is 0 Å². The van der Waals surface area contributed by atoms with Crippen LogP contribution in [0.1, 0.15) is 0 Å². The van der Waals surface area contributed by atoms with Crippen LogP contribution in [0.5, 0.6) is 5.88 Å². The number of aromatic nitrogens is 3. The first kappa shape index (κ1) is 10.2. The van der Waals surface area contributed by atoms with Crippen molar-refractivity contribution in [3.05, 3.63) is 36.1 Å². The first-order chi connectivity index (χ1) is 8.38. The van der Waals surface area contributed by atoms with Crippen LogP contribution in [0.4, 0.5) is 0 Å². The molecule has 0 aromatic carbocycles. The number of hydrogen-bond acceptors (Lipinski definition) is 5. The molecule has 3 aromatic heterocycles. The molecule has 0 spiro atoms. The summed E-state index contributed by atoms with van der Waals surface area (Å²) in [5, 5.41) is 2.01. The number of fused-ring (bicyclic) bond motifs is 1. The van der Waals surface area contributed by atoms with E-state index in [1.807, 2.05) is 23.6 Å². The number of methoxy groups -OCH3 is 1. The Morgan fingerprint density at radius 1 is 1.12 bits per heavy atom. The second kappa shape index (κ2) is 4.10. The molecule has 4 nitrogen and oxygen atoms in total. The van der Waals surface area contributed by atoms with Crippen molar-refractivity contribution in [3.63, 3.8) is 0 Å². The second-order valence-corrected chi connectivity index (χ2v) is 4.36. The molecule has 0 bridgehead atoms. The lowest BCUT2D eigenvalue weighted by molar-refractivity contribution is 0.398. The van der Waals surface area contributed by atoms with Crippen molar-refractivity contribution in [2.24, 2.45) is 0 Å². The fourth-order valence-corrected chi connectivity index (χ4v) is 2.49. The Kier molecular flexibility index (Phi) is 2.45. The van der Waals surface area contributed by atoms with Crippen LogP contribution in [0.25, 0.3) is 21.5 Å². The van der Waals surface area contributed by atoms with Crippen LogP contribution in [0.15, 0.2) is 36.1 Å². The molecular formula is C12H9N3OS. The number of pyridine rings is 1. The highest BCUT2D eigenvalue weighted by Crippen LogP contribution is 2.29. The van der Waals surface area contributed by atoms with E-state index in [9.17, 15) is 0 Å². The van der Waals surface area contributed by atoms with Gasteiger partial charge in [-0.05, 0) is 17.5 Å². The number of nitrogens with zero attached hydrogens (tertiary/aromatic N) is 3. The summed E-state index contributed by atoms with van der Waals surface area (Å²) in [4.78, 5) is 12.7. The highest BCUT2D eigenvalue weighted by atomic mass is 32.1. The summed E-state index contributed by atoms with van der Waals surface area (Å²) in [7, 11) is 1.60. The fraction of sp³-hybridized carbons (Fsp3) is 0.0833. The van der Waals surface area contributed by atoms with Crippen molar-refractivity contribution in [1.82, 2.24) is 15.0 Å².